The second-order valence-corrected chi connectivity index (χ2v) is 7.85. The lowest BCUT2D eigenvalue weighted by Crippen LogP contribution is -2.22. The third-order valence-corrected chi connectivity index (χ3v) is 5.21. The smallest absolute Gasteiger partial charge is 0.152 e. The molecule has 2 nitrogen and oxygen atoms in total. The van der Waals surface area contributed by atoms with Crippen molar-refractivity contribution in [3.8, 4) is 11.5 Å². The molecule has 0 spiro atoms. The predicted molar refractivity (Wildman–Crippen MR) is 103 cm³/mol. The molecule has 22 heavy (non-hydrogen) atoms. The van der Waals surface area contributed by atoms with Crippen LogP contribution in [0.4, 0.5) is 11.4 Å². The van der Waals surface area contributed by atoms with Crippen LogP contribution in [0.2, 0.25) is 0 Å². The van der Waals surface area contributed by atoms with E-state index < -0.39 is 0 Å². The highest BCUT2D eigenvalue weighted by Gasteiger charge is 2.24. The molecule has 0 aliphatic carbocycles. The number of rotatable bonds is 5. The van der Waals surface area contributed by atoms with Gasteiger partial charge in [0.05, 0.1) is 11.4 Å². The van der Waals surface area contributed by atoms with E-state index in [4.69, 9.17) is 4.74 Å². The van der Waals surface area contributed by atoms with Gasteiger partial charge in [0.15, 0.2) is 11.5 Å². The summed E-state index contributed by atoms with van der Waals surface area (Å²) in [5.41, 5.74) is 2.27. The second-order valence-electron chi connectivity index (χ2n) is 5.23. The van der Waals surface area contributed by atoms with Gasteiger partial charge in [0.1, 0.15) is 0 Å². The van der Waals surface area contributed by atoms with Gasteiger partial charge in [0.25, 0.3) is 0 Å². The molecule has 0 saturated heterocycles. The topological polar surface area (TPSA) is 12.5 Å². The van der Waals surface area contributed by atoms with E-state index in [-0.39, 0.29) is 0 Å². The van der Waals surface area contributed by atoms with Crippen molar-refractivity contribution in [1.82, 2.24) is 0 Å². The molecule has 2 aromatic carbocycles. The highest BCUT2D eigenvalue weighted by molar-refractivity contribution is 9.10. The first-order valence-electron chi connectivity index (χ1n) is 7.29. The van der Waals surface area contributed by atoms with Crippen LogP contribution in [0.3, 0.4) is 0 Å². The van der Waals surface area contributed by atoms with Gasteiger partial charge < -0.3 is 9.64 Å². The highest BCUT2D eigenvalue weighted by Crippen LogP contribution is 2.48. The summed E-state index contributed by atoms with van der Waals surface area (Å²) in [6.07, 6.45) is 3.60. The van der Waals surface area contributed by atoms with Crippen LogP contribution in [0.5, 0.6) is 11.5 Å². The Morgan fingerprint density at radius 3 is 1.95 bits per heavy atom. The molecule has 1 aliphatic rings. The largest absolute Gasteiger partial charge is 0.453 e. The molecule has 0 bridgehead atoms. The molecule has 0 atom stereocenters. The second kappa shape index (κ2) is 7.37. The molecule has 1 heterocycles. The minimum atomic E-state index is 0.903. The van der Waals surface area contributed by atoms with Crippen molar-refractivity contribution >= 4 is 59.2 Å². The van der Waals surface area contributed by atoms with Crippen LogP contribution in [-0.2, 0) is 0 Å². The van der Waals surface area contributed by atoms with Crippen LogP contribution in [0, 0.1) is 0 Å². The van der Waals surface area contributed by atoms with Gasteiger partial charge in [-0.05, 0) is 49.2 Å². The first kappa shape index (κ1) is 16.3. The Labute approximate surface area is 156 Å². The van der Waals surface area contributed by atoms with Crippen LogP contribution >= 0.6 is 47.8 Å². The minimum absolute atomic E-state index is 0.903. The molecular formula is C17H16Br3NO. The number of alkyl halides is 1. The zero-order valence-electron chi connectivity index (χ0n) is 12.0. The van der Waals surface area contributed by atoms with Crippen molar-refractivity contribution in [2.24, 2.45) is 0 Å². The maximum atomic E-state index is 6.09. The molecule has 0 aromatic heterocycles. The van der Waals surface area contributed by atoms with E-state index in [1.165, 1.54) is 12.8 Å². The molecule has 0 amide bonds. The quantitative estimate of drug-likeness (QED) is 0.330. The van der Waals surface area contributed by atoms with Gasteiger partial charge in [-0.3, -0.25) is 0 Å². The van der Waals surface area contributed by atoms with E-state index in [9.17, 15) is 0 Å². The van der Waals surface area contributed by atoms with E-state index in [1.54, 1.807) is 0 Å². The number of fused-ring (bicyclic) bond motifs is 2. The monoisotopic (exact) mass is 487 g/mol. The van der Waals surface area contributed by atoms with Gasteiger partial charge in [0, 0.05) is 20.8 Å². The average molecular weight is 490 g/mol. The Balaban J connectivity index is 1.93. The fourth-order valence-corrected chi connectivity index (χ4v) is 3.69. The molecule has 116 valence electrons. The number of ether oxygens (including phenoxy) is 1. The highest BCUT2D eigenvalue weighted by atomic mass is 79.9. The van der Waals surface area contributed by atoms with Crippen molar-refractivity contribution in [1.29, 1.82) is 0 Å². The molecule has 0 N–H and O–H groups in total. The van der Waals surface area contributed by atoms with Crippen molar-refractivity contribution in [3.63, 3.8) is 0 Å². The van der Waals surface area contributed by atoms with Crippen LogP contribution < -0.4 is 9.64 Å². The van der Waals surface area contributed by atoms with Gasteiger partial charge in [-0.15, -0.1) is 0 Å². The standard InChI is InChI=1S/C17H16Br3NO/c18-8-2-1-3-9-21-14-6-4-12(19)10-16(14)22-17-11-13(20)5-7-15(17)21/h4-7,10-11H,1-3,8-9H2. The summed E-state index contributed by atoms with van der Waals surface area (Å²) >= 11 is 10.5. The summed E-state index contributed by atoms with van der Waals surface area (Å²) < 4.78 is 8.15. The Hall–Kier alpha value is -0.520. The number of hydrogen-bond acceptors (Lipinski definition) is 2. The van der Waals surface area contributed by atoms with Crippen LogP contribution in [0.25, 0.3) is 0 Å². The molecular weight excluding hydrogens is 474 g/mol. The summed E-state index contributed by atoms with van der Waals surface area (Å²) in [4.78, 5) is 2.36. The van der Waals surface area contributed by atoms with Crippen molar-refractivity contribution < 1.29 is 4.74 Å². The van der Waals surface area contributed by atoms with Crippen molar-refractivity contribution in [2.75, 3.05) is 16.8 Å². The molecule has 1 aliphatic heterocycles. The fourth-order valence-electron chi connectivity index (χ4n) is 2.62. The number of unbranched alkanes of at least 4 members (excludes halogenated alkanes) is 2. The van der Waals surface area contributed by atoms with Gasteiger partial charge in [-0.2, -0.15) is 0 Å². The third-order valence-electron chi connectivity index (χ3n) is 3.66. The fraction of sp³-hybridized carbons (Fsp3) is 0.294. The lowest BCUT2D eigenvalue weighted by molar-refractivity contribution is 0.471. The molecule has 3 rings (SSSR count). The van der Waals surface area contributed by atoms with Crippen LogP contribution in [-0.4, -0.2) is 11.9 Å². The average Bonchev–Trinajstić information content (AvgIpc) is 2.50. The summed E-state index contributed by atoms with van der Waals surface area (Å²) in [7, 11) is 0. The van der Waals surface area contributed by atoms with E-state index >= 15 is 0 Å². The summed E-state index contributed by atoms with van der Waals surface area (Å²) in [5, 5.41) is 1.07. The summed E-state index contributed by atoms with van der Waals surface area (Å²) in [6, 6.07) is 12.4. The van der Waals surface area contributed by atoms with Gasteiger partial charge in [-0.1, -0.05) is 54.2 Å². The van der Waals surface area contributed by atoms with Gasteiger partial charge in [0.2, 0.25) is 0 Å². The molecule has 2 aromatic rings. The van der Waals surface area contributed by atoms with E-state index in [2.05, 4.69) is 77.0 Å². The zero-order valence-corrected chi connectivity index (χ0v) is 16.7. The summed E-state index contributed by atoms with van der Waals surface area (Å²) in [5.74, 6) is 1.81. The number of hydrogen-bond donors (Lipinski definition) is 0. The van der Waals surface area contributed by atoms with Gasteiger partial charge in [-0.25, -0.2) is 0 Å². The van der Waals surface area contributed by atoms with Gasteiger partial charge >= 0.3 is 0 Å². The Bertz CT molecular complexity index is 623. The van der Waals surface area contributed by atoms with E-state index in [1.807, 2.05) is 12.1 Å². The normalized spacial score (nSPS) is 12.6. The SMILES string of the molecule is BrCCCCCN1c2ccc(Br)cc2Oc2cc(Br)ccc21. The molecule has 0 radical (unpaired) electrons. The number of nitrogens with zero attached hydrogens (tertiary/aromatic N) is 1. The maximum Gasteiger partial charge on any atom is 0.152 e. The first-order valence-corrected chi connectivity index (χ1v) is 10.0. The maximum absolute atomic E-state index is 6.09. The Morgan fingerprint density at radius 2 is 1.41 bits per heavy atom. The number of benzene rings is 2. The Morgan fingerprint density at radius 1 is 0.818 bits per heavy atom. The predicted octanol–water partition coefficient (Wildman–Crippen LogP) is 7.02. The third kappa shape index (κ3) is 3.52. The lowest BCUT2D eigenvalue weighted by Gasteiger charge is -2.33. The van der Waals surface area contributed by atoms with E-state index in [0.29, 0.717) is 0 Å². The summed E-state index contributed by atoms with van der Waals surface area (Å²) in [6.45, 7) is 1.000. The number of halogens is 3. The lowest BCUT2D eigenvalue weighted by atomic mass is 10.1. The zero-order chi connectivity index (χ0) is 15.5. The molecule has 0 saturated carbocycles. The van der Waals surface area contributed by atoms with Crippen LogP contribution in [0.15, 0.2) is 45.3 Å². The number of anilines is 2. The Kier molecular flexibility index (Phi) is 5.47. The molecule has 0 fully saturated rings. The van der Waals surface area contributed by atoms with Crippen molar-refractivity contribution in [3.05, 3.63) is 45.3 Å². The van der Waals surface area contributed by atoms with Crippen molar-refractivity contribution in [2.45, 2.75) is 19.3 Å². The molecule has 0 unspecified atom stereocenters. The first-order chi connectivity index (χ1) is 10.7. The van der Waals surface area contributed by atoms with Crippen LogP contribution in [0.1, 0.15) is 19.3 Å². The molecule has 5 heteroatoms. The minimum Gasteiger partial charge on any atom is -0.453 e. The van der Waals surface area contributed by atoms with E-state index in [0.717, 1.165) is 50.1 Å².